The molecule has 5 nitrogen and oxygen atoms in total. The van der Waals surface area contributed by atoms with E-state index in [1.165, 1.54) is 4.90 Å². The zero-order valence-electron chi connectivity index (χ0n) is 10.5. The zero-order chi connectivity index (χ0) is 13.1. The van der Waals surface area contributed by atoms with Gasteiger partial charge in [0, 0.05) is 13.5 Å². The van der Waals surface area contributed by atoms with Crippen LogP contribution >= 0.6 is 0 Å². The van der Waals surface area contributed by atoms with Crippen molar-refractivity contribution < 1.29 is 19.4 Å². The summed E-state index contributed by atoms with van der Waals surface area (Å²) in [7, 11) is 3.25. The average molecular weight is 251 g/mol. The van der Waals surface area contributed by atoms with Gasteiger partial charge in [-0.25, -0.2) is 4.79 Å². The lowest BCUT2D eigenvalue weighted by atomic mass is 10.0. The number of carbonyl (C=O) groups excluding carboxylic acids is 1. The predicted octanol–water partition coefficient (Wildman–Crippen LogP) is 1.05. The molecule has 1 fully saturated rings. The Hall–Kier alpha value is -1.75. The van der Waals surface area contributed by atoms with Gasteiger partial charge in [-0.1, -0.05) is 12.1 Å². The number of rotatable bonds is 4. The second-order valence-electron chi connectivity index (χ2n) is 4.34. The van der Waals surface area contributed by atoms with Gasteiger partial charge in [0.25, 0.3) is 0 Å². The normalized spacial score (nSPS) is 23.1. The maximum atomic E-state index is 11.4. The van der Waals surface area contributed by atoms with Gasteiger partial charge >= 0.3 is 6.09 Å². The summed E-state index contributed by atoms with van der Waals surface area (Å²) in [6, 6.07) is 7.31. The Kier molecular flexibility index (Phi) is 3.72. The van der Waals surface area contributed by atoms with Gasteiger partial charge in [0.1, 0.15) is 11.9 Å². The second kappa shape index (κ2) is 5.27. The van der Waals surface area contributed by atoms with Crippen LogP contribution in [0.25, 0.3) is 0 Å². The van der Waals surface area contributed by atoms with Crippen molar-refractivity contribution in [2.75, 3.05) is 20.8 Å². The molecular formula is C13H17NO4. The molecule has 98 valence electrons. The highest BCUT2D eigenvalue weighted by Gasteiger charge is 2.38. The van der Waals surface area contributed by atoms with E-state index in [0.29, 0.717) is 6.42 Å². The van der Waals surface area contributed by atoms with Crippen LogP contribution in [-0.2, 0) is 11.2 Å². The summed E-state index contributed by atoms with van der Waals surface area (Å²) in [6.07, 6.45) is -0.0980. The largest absolute Gasteiger partial charge is 0.497 e. The topological polar surface area (TPSA) is 59.0 Å². The van der Waals surface area contributed by atoms with Crippen LogP contribution in [0.4, 0.5) is 4.79 Å². The Labute approximate surface area is 106 Å². The molecule has 2 atom stereocenters. The zero-order valence-corrected chi connectivity index (χ0v) is 10.5. The number of amides is 1. The summed E-state index contributed by atoms with van der Waals surface area (Å²) < 4.78 is 10.3. The third kappa shape index (κ3) is 2.41. The molecular weight excluding hydrogens is 234 g/mol. The van der Waals surface area contributed by atoms with Crippen LogP contribution in [0.2, 0.25) is 0 Å². The molecule has 0 radical (unpaired) electrons. The summed E-state index contributed by atoms with van der Waals surface area (Å²) in [5.74, 6) is 0.790. The number of ether oxygens (including phenoxy) is 2. The van der Waals surface area contributed by atoms with Gasteiger partial charge in [0.05, 0.1) is 19.8 Å². The van der Waals surface area contributed by atoms with E-state index in [0.717, 1.165) is 11.3 Å². The minimum atomic E-state index is -0.382. The molecule has 1 N–H and O–H groups in total. The molecule has 1 amide bonds. The number of aliphatic hydroxyl groups is 1. The van der Waals surface area contributed by atoms with Crippen molar-refractivity contribution >= 4 is 6.09 Å². The molecule has 2 rings (SSSR count). The number of likely N-dealkylation sites (N-methyl/N-ethyl adjacent to an activating group) is 1. The molecule has 0 aromatic heterocycles. The molecule has 0 aliphatic carbocycles. The van der Waals surface area contributed by atoms with Gasteiger partial charge in [-0.2, -0.15) is 0 Å². The molecule has 1 saturated heterocycles. The van der Waals surface area contributed by atoms with E-state index >= 15 is 0 Å². The lowest BCUT2D eigenvalue weighted by molar-refractivity contribution is 0.118. The van der Waals surface area contributed by atoms with Crippen molar-refractivity contribution in [2.24, 2.45) is 0 Å². The SMILES string of the molecule is COc1ccc(CC2OC(=O)N(C)C2CO)cc1. The van der Waals surface area contributed by atoms with Gasteiger partial charge in [-0.3, -0.25) is 0 Å². The standard InChI is InChI=1S/C13H17NO4/c1-14-11(8-15)12(18-13(14)16)7-9-3-5-10(17-2)6-4-9/h3-6,11-12,15H,7-8H2,1-2H3. The van der Waals surface area contributed by atoms with Crippen molar-refractivity contribution in [1.82, 2.24) is 4.90 Å². The van der Waals surface area contributed by atoms with Crippen molar-refractivity contribution in [1.29, 1.82) is 0 Å². The summed E-state index contributed by atoms with van der Waals surface area (Å²) in [6.45, 7) is -0.0942. The molecule has 1 aromatic carbocycles. The molecule has 5 heteroatoms. The summed E-state index contributed by atoms with van der Waals surface area (Å²) in [4.78, 5) is 12.9. The van der Waals surface area contributed by atoms with Crippen LogP contribution < -0.4 is 4.74 Å². The molecule has 0 spiro atoms. The van der Waals surface area contributed by atoms with E-state index in [2.05, 4.69) is 0 Å². The molecule has 2 unspecified atom stereocenters. The Bertz CT molecular complexity index is 418. The Morgan fingerprint density at radius 1 is 1.39 bits per heavy atom. The molecule has 1 aliphatic heterocycles. The van der Waals surface area contributed by atoms with Gasteiger partial charge in [0.2, 0.25) is 0 Å². The van der Waals surface area contributed by atoms with Crippen molar-refractivity contribution in [3.8, 4) is 5.75 Å². The highest BCUT2D eigenvalue weighted by atomic mass is 16.6. The first-order chi connectivity index (χ1) is 8.65. The monoisotopic (exact) mass is 251 g/mol. The summed E-state index contributed by atoms with van der Waals surface area (Å²) in [5.41, 5.74) is 1.04. The fourth-order valence-corrected chi connectivity index (χ4v) is 2.09. The van der Waals surface area contributed by atoms with Gasteiger partial charge in [-0.15, -0.1) is 0 Å². The van der Waals surface area contributed by atoms with E-state index < -0.39 is 0 Å². The van der Waals surface area contributed by atoms with Crippen LogP contribution in [0.3, 0.4) is 0 Å². The number of hydrogen-bond donors (Lipinski definition) is 1. The van der Waals surface area contributed by atoms with Gasteiger partial charge in [0.15, 0.2) is 0 Å². The summed E-state index contributed by atoms with van der Waals surface area (Å²) >= 11 is 0. The van der Waals surface area contributed by atoms with Crippen molar-refractivity contribution in [3.05, 3.63) is 29.8 Å². The predicted molar refractivity (Wildman–Crippen MR) is 65.6 cm³/mol. The first-order valence-corrected chi connectivity index (χ1v) is 5.83. The van der Waals surface area contributed by atoms with Crippen molar-refractivity contribution in [2.45, 2.75) is 18.6 Å². The van der Waals surface area contributed by atoms with Crippen LogP contribution in [0.1, 0.15) is 5.56 Å². The minimum absolute atomic E-state index is 0.0942. The number of carbonyl (C=O) groups is 1. The number of aliphatic hydroxyl groups excluding tert-OH is 1. The molecule has 1 heterocycles. The lowest BCUT2D eigenvalue weighted by Gasteiger charge is -2.18. The maximum Gasteiger partial charge on any atom is 0.410 e. The first kappa shape index (κ1) is 12.7. The Balaban J connectivity index is 2.06. The van der Waals surface area contributed by atoms with Gasteiger partial charge < -0.3 is 19.5 Å². The minimum Gasteiger partial charge on any atom is -0.497 e. The number of methoxy groups -OCH3 is 1. The smallest absolute Gasteiger partial charge is 0.410 e. The first-order valence-electron chi connectivity index (χ1n) is 5.83. The summed E-state index contributed by atoms with van der Waals surface area (Å²) in [5, 5.41) is 9.29. The van der Waals surface area contributed by atoms with E-state index in [1.807, 2.05) is 24.3 Å². The number of nitrogens with zero attached hydrogens (tertiary/aromatic N) is 1. The van der Waals surface area contributed by atoms with E-state index in [-0.39, 0.29) is 24.8 Å². The quantitative estimate of drug-likeness (QED) is 0.869. The molecule has 0 bridgehead atoms. The van der Waals surface area contributed by atoms with Crippen LogP contribution in [0.15, 0.2) is 24.3 Å². The second-order valence-corrected chi connectivity index (χ2v) is 4.34. The third-order valence-electron chi connectivity index (χ3n) is 3.25. The Morgan fingerprint density at radius 3 is 2.61 bits per heavy atom. The van der Waals surface area contributed by atoms with Crippen LogP contribution in [0.5, 0.6) is 5.75 Å². The van der Waals surface area contributed by atoms with Crippen molar-refractivity contribution in [3.63, 3.8) is 0 Å². The molecule has 1 aromatic rings. The fourth-order valence-electron chi connectivity index (χ4n) is 2.09. The lowest BCUT2D eigenvalue weighted by Crippen LogP contribution is -2.37. The molecule has 1 aliphatic rings. The molecule has 18 heavy (non-hydrogen) atoms. The number of hydrogen-bond acceptors (Lipinski definition) is 4. The van der Waals surface area contributed by atoms with Crippen LogP contribution in [-0.4, -0.2) is 49.0 Å². The fraction of sp³-hybridized carbons (Fsp3) is 0.462. The van der Waals surface area contributed by atoms with E-state index in [1.54, 1.807) is 14.2 Å². The molecule has 0 saturated carbocycles. The number of cyclic esters (lactones) is 1. The van der Waals surface area contributed by atoms with E-state index in [9.17, 15) is 9.90 Å². The average Bonchev–Trinajstić information content (AvgIpc) is 2.65. The maximum absolute atomic E-state index is 11.4. The highest BCUT2D eigenvalue weighted by molar-refractivity contribution is 5.70. The third-order valence-corrected chi connectivity index (χ3v) is 3.25. The van der Waals surface area contributed by atoms with Crippen LogP contribution in [0, 0.1) is 0 Å². The van der Waals surface area contributed by atoms with E-state index in [4.69, 9.17) is 9.47 Å². The Morgan fingerprint density at radius 2 is 2.06 bits per heavy atom. The van der Waals surface area contributed by atoms with Gasteiger partial charge in [-0.05, 0) is 17.7 Å². The number of benzene rings is 1. The highest BCUT2D eigenvalue weighted by Crippen LogP contribution is 2.22.